The van der Waals surface area contributed by atoms with Crippen LogP contribution in [0, 0.1) is 6.92 Å². The highest BCUT2D eigenvalue weighted by molar-refractivity contribution is 5.92. The second kappa shape index (κ2) is 6.47. The summed E-state index contributed by atoms with van der Waals surface area (Å²) in [6, 6.07) is 14.0. The fraction of sp³-hybridized carbons (Fsp3) is 0.263. The van der Waals surface area contributed by atoms with Crippen molar-refractivity contribution < 1.29 is 4.79 Å². The third-order valence-electron chi connectivity index (χ3n) is 4.74. The first-order valence-electron chi connectivity index (χ1n) is 8.35. The highest BCUT2D eigenvalue weighted by Crippen LogP contribution is 2.39. The van der Waals surface area contributed by atoms with Crippen molar-refractivity contribution in [1.82, 2.24) is 25.1 Å². The Hall–Kier alpha value is -3.02. The highest BCUT2D eigenvalue weighted by Gasteiger charge is 2.38. The maximum atomic E-state index is 12.8. The first kappa shape index (κ1) is 15.5. The van der Waals surface area contributed by atoms with E-state index in [2.05, 4.69) is 32.3 Å². The fourth-order valence-electron chi connectivity index (χ4n) is 3.53. The van der Waals surface area contributed by atoms with Gasteiger partial charge < -0.3 is 4.90 Å². The molecule has 4 rings (SSSR count). The van der Waals surface area contributed by atoms with Crippen molar-refractivity contribution in [2.75, 3.05) is 13.1 Å². The number of H-pyrrole nitrogens is 1. The summed E-state index contributed by atoms with van der Waals surface area (Å²) < 4.78 is 0. The quantitative estimate of drug-likeness (QED) is 0.799. The Balaban J connectivity index is 1.68. The molecule has 0 radical (unpaired) electrons. The Morgan fingerprint density at radius 2 is 1.88 bits per heavy atom. The standard InChI is InChI=1S/C19H19N5O/c1-13-20-9-7-17(22-13)16-12-24(19(25)18-8-10-21-23-18)11-15(16)14-5-3-2-4-6-14/h2-10,15-16H,11-12H2,1H3,(H,21,23)/t15-,16+/m0/s1. The van der Waals surface area contributed by atoms with Gasteiger partial charge in [-0.3, -0.25) is 9.89 Å². The lowest BCUT2D eigenvalue weighted by molar-refractivity contribution is 0.0783. The Bertz CT molecular complexity index is 863. The summed E-state index contributed by atoms with van der Waals surface area (Å²) in [5, 5.41) is 6.65. The largest absolute Gasteiger partial charge is 0.336 e. The van der Waals surface area contributed by atoms with Gasteiger partial charge in [0.2, 0.25) is 0 Å². The monoisotopic (exact) mass is 333 g/mol. The Kier molecular flexibility index (Phi) is 4.01. The Morgan fingerprint density at radius 3 is 2.60 bits per heavy atom. The van der Waals surface area contributed by atoms with E-state index in [-0.39, 0.29) is 17.7 Å². The molecule has 3 aromatic rings. The fourth-order valence-corrected chi connectivity index (χ4v) is 3.53. The molecule has 1 aliphatic rings. The van der Waals surface area contributed by atoms with E-state index in [1.54, 1.807) is 18.5 Å². The summed E-state index contributed by atoms with van der Waals surface area (Å²) in [6.07, 6.45) is 3.39. The first-order chi connectivity index (χ1) is 12.2. The molecule has 0 saturated carbocycles. The number of hydrogen-bond acceptors (Lipinski definition) is 4. The molecule has 1 N–H and O–H groups in total. The van der Waals surface area contributed by atoms with E-state index >= 15 is 0 Å². The average molecular weight is 333 g/mol. The van der Waals surface area contributed by atoms with Gasteiger partial charge in [0.15, 0.2) is 0 Å². The second-order valence-corrected chi connectivity index (χ2v) is 6.33. The first-order valence-corrected chi connectivity index (χ1v) is 8.35. The van der Waals surface area contributed by atoms with Gasteiger partial charge in [-0.05, 0) is 24.6 Å². The molecular formula is C19H19N5O. The van der Waals surface area contributed by atoms with Crippen LogP contribution in [0.5, 0.6) is 0 Å². The highest BCUT2D eigenvalue weighted by atomic mass is 16.2. The molecule has 6 nitrogen and oxygen atoms in total. The summed E-state index contributed by atoms with van der Waals surface area (Å²) in [7, 11) is 0. The molecule has 1 amide bonds. The molecule has 2 atom stereocenters. The van der Waals surface area contributed by atoms with Crippen molar-refractivity contribution in [1.29, 1.82) is 0 Å². The minimum Gasteiger partial charge on any atom is -0.336 e. The molecular weight excluding hydrogens is 314 g/mol. The molecule has 0 bridgehead atoms. The molecule has 6 heteroatoms. The molecule has 1 aliphatic heterocycles. The lowest BCUT2D eigenvalue weighted by atomic mass is 9.87. The minimum atomic E-state index is -0.0216. The van der Waals surface area contributed by atoms with Crippen LogP contribution in [0.2, 0.25) is 0 Å². The molecule has 1 aromatic carbocycles. The summed E-state index contributed by atoms with van der Waals surface area (Å²) in [5.41, 5.74) is 2.73. The van der Waals surface area contributed by atoms with E-state index in [0.717, 1.165) is 11.5 Å². The van der Waals surface area contributed by atoms with E-state index < -0.39 is 0 Å². The molecule has 25 heavy (non-hydrogen) atoms. The van der Waals surface area contributed by atoms with Crippen LogP contribution in [0.25, 0.3) is 0 Å². The van der Waals surface area contributed by atoms with Crippen LogP contribution in [0.15, 0.2) is 54.9 Å². The SMILES string of the molecule is Cc1nccc([C@@H]2CN(C(=O)c3ccn[nH]3)C[C@H]2c2ccccc2)n1. The number of benzene rings is 1. The smallest absolute Gasteiger partial charge is 0.271 e. The van der Waals surface area contributed by atoms with Gasteiger partial charge in [-0.1, -0.05) is 30.3 Å². The molecule has 3 heterocycles. The van der Waals surface area contributed by atoms with Crippen LogP contribution < -0.4 is 0 Å². The number of likely N-dealkylation sites (tertiary alicyclic amines) is 1. The topological polar surface area (TPSA) is 74.8 Å². The van der Waals surface area contributed by atoms with Gasteiger partial charge >= 0.3 is 0 Å². The summed E-state index contributed by atoms with van der Waals surface area (Å²) in [6.45, 7) is 3.19. The van der Waals surface area contributed by atoms with E-state index in [1.807, 2.05) is 36.1 Å². The number of nitrogens with zero attached hydrogens (tertiary/aromatic N) is 4. The van der Waals surface area contributed by atoms with E-state index in [1.165, 1.54) is 5.56 Å². The number of aromatic nitrogens is 4. The zero-order valence-corrected chi connectivity index (χ0v) is 14.0. The summed E-state index contributed by atoms with van der Waals surface area (Å²) >= 11 is 0. The number of aromatic amines is 1. The van der Waals surface area contributed by atoms with Crippen molar-refractivity contribution in [2.24, 2.45) is 0 Å². The van der Waals surface area contributed by atoms with Crippen LogP contribution in [0.4, 0.5) is 0 Å². The van der Waals surface area contributed by atoms with E-state index in [9.17, 15) is 4.79 Å². The predicted molar refractivity (Wildman–Crippen MR) is 93.2 cm³/mol. The number of carbonyl (C=O) groups is 1. The van der Waals surface area contributed by atoms with Crippen molar-refractivity contribution in [2.45, 2.75) is 18.8 Å². The van der Waals surface area contributed by atoms with Crippen LogP contribution in [-0.2, 0) is 0 Å². The Morgan fingerprint density at radius 1 is 1.08 bits per heavy atom. The normalized spacial score (nSPS) is 20.0. The van der Waals surface area contributed by atoms with Gasteiger partial charge in [0.1, 0.15) is 11.5 Å². The number of carbonyl (C=O) groups excluding carboxylic acids is 1. The second-order valence-electron chi connectivity index (χ2n) is 6.33. The van der Waals surface area contributed by atoms with Crippen molar-refractivity contribution in [3.63, 3.8) is 0 Å². The Labute approximate surface area is 145 Å². The number of rotatable bonds is 3. The van der Waals surface area contributed by atoms with Crippen molar-refractivity contribution >= 4 is 5.91 Å². The third kappa shape index (κ3) is 3.03. The molecule has 0 aliphatic carbocycles. The maximum absolute atomic E-state index is 12.8. The van der Waals surface area contributed by atoms with Crippen LogP contribution >= 0.6 is 0 Å². The molecule has 0 unspecified atom stereocenters. The van der Waals surface area contributed by atoms with E-state index in [4.69, 9.17) is 0 Å². The van der Waals surface area contributed by atoms with Gasteiger partial charge in [-0.2, -0.15) is 5.10 Å². The lowest BCUT2D eigenvalue weighted by Gasteiger charge is -2.18. The summed E-state index contributed by atoms with van der Waals surface area (Å²) in [4.78, 5) is 23.4. The van der Waals surface area contributed by atoms with Crippen molar-refractivity contribution in [3.05, 3.63) is 77.6 Å². The van der Waals surface area contributed by atoms with E-state index in [0.29, 0.717) is 18.8 Å². The van der Waals surface area contributed by atoms with Gasteiger partial charge in [0.05, 0.1) is 0 Å². The minimum absolute atomic E-state index is 0.0216. The van der Waals surface area contributed by atoms with Gasteiger partial charge in [0.25, 0.3) is 5.91 Å². The zero-order valence-electron chi connectivity index (χ0n) is 14.0. The maximum Gasteiger partial charge on any atom is 0.271 e. The van der Waals surface area contributed by atoms with Gasteiger partial charge in [0, 0.05) is 43.0 Å². The number of aryl methyl sites for hydroxylation is 1. The van der Waals surface area contributed by atoms with Crippen molar-refractivity contribution in [3.8, 4) is 0 Å². The third-order valence-corrected chi connectivity index (χ3v) is 4.74. The number of nitrogens with one attached hydrogen (secondary N) is 1. The van der Waals surface area contributed by atoms with Gasteiger partial charge in [-0.25, -0.2) is 9.97 Å². The predicted octanol–water partition coefficient (Wildman–Crippen LogP) is 2.53. The van der Waals surface area contributed by atoms with Crippen LogP contribution in [0.1, 0.15) is 39.4 Å². The van der Waals surface area contributed by atoms with Gasteiger partial charge in [-0.15, -0.1) is 0 Å². The van der Waals surface area contributed by atoms with Crippen LogP contribution in [0.3, 0.4) is 0 Å². The number of amides is 1. The number of hydrogen-bond donors (Lipinski definition) is 1. The zero-order chi connectivity index (χ0) is 17.2. The molecule has 1 saturated heterocycles. The lowest BCUT2D eigenvalue weighted by Crippen LogP contribution is -2.29. The average Bonchev–Trinajstić information content (AvgIpc) is 3.32. The summed E-state index contributed by atoms with van der Waals surface area (Å²) in [5.74, 6) is 1.09. The molecule has 0 spiro atoms. The van der Waals surface area contributed by atoms with Crippen LogP contribution in [-0.4, -0.2) is 44.1 Å². The molecule has 1 fully saturated rings. The molecule has 2 aromatic heterocycles. The molecule has 126 valence electrons.